The lowest BCUT2D eigenvalue weighted by molar-refractivity contribution is -0.0452. The minimum absolute atomic E-state index is 0.00464. The standard InChI is InChI=1S/C54H53NO/c1-52(2)26-27-53(3,4)51-45(52)19-13-20-47(51)55(42-24-22-38(23-25-42)37-14-7-5-8-15-37)48-34-50-46(33-43(48)39-16-9-6-10-17-39)54(44-18-11-12-21-49(44)56-50)40-29-35-28-36(31-40)32-41(54)30-35/h5-25,33-36,40-41H,26-32H2,1-4H3. The van der Waals surface area contributed by atoms with Crippen molar-refractivity contribution in [1.82, 2.24) is 0 Å². The molecule has 6 aromatic carbocycles. The fraction of sp³-hybridized carbons (Fsp3) is 0.333. The van der Waals surface area contributed by atoms with E-state index in [0.29, 0.717) is 11.8 Å². The van der Waals surface area contributed by atoms with Gasteiger partial charge in [-0.3, -0.25) is 0 Å². The van der Waals surface area contributed by atoms with Gasteiger partial charge in [0, 0.05) is 33.9 Å². The minimum atomic E-state index is -0.0280. The van der Waals surface area contributed by atoms with Gasteiger partial charge in [-0.15, -0.1) is 0 Å². The van der Waals surface area contributed by atoms with Crippen LogP contribution in [0.4, 0.5) is 17.1 Å². The first kappa shape index (κ1) is 34.2. The summed E-state index contributed by atoms with van der Waals surface area (Å²) in [5.74, 6) is 5.14. The van der Waals surface area contributed by atoms with E-state index < -0.39 is 0 Å². The quantitative estimate of drug-likeness (QED) is 0.175. The van der Waals surface area contributed by atoms with Crippen molar-refractivity contribution in [2.24, 2.45) is 23.7 Å². The first-order valence-corrected chi connectivity index (χ1v) is 21.3. The van der Waals surface area contributed by atoms with Crippen LogP contribution in [-0.4, -0.2) is 0 Å². The molecule has 0 aromatic heterocycles. The third kappa shape index (κ3) is 5.07. The van der Waals surface area contributed by atoms with Gasteiger partial charge in [0.2, 0.25) is 0 Å². The van der Waals surface area contributed by atoms with Crippen molar-refractivity contribution in [3.63, 3.8) is 0 Å². The summed E-state index contributed by atoms with van der Waals surface area (Å²) in [5, 5.41) is 0. The van der Waals surface area contributed by atoms with Crippen LogP contribution in [0.1, 0.15) is 94.9 Å². The molecule has 2 heteroatoms. The summed E-state index contributed by atoms with van der Waals surface area (Å²) >= 11 is 0. The van der Waals surface area contributed by atoms with E-state index in [4.69, 9.17) is 4.74 Å². The van der Waals surface area contributed by atoms with E-state index in [-0.39, 0.29) is 16.2 Å². The Morgan fingerprint density at radius 1 is 0.482 bits per heavy atom. The average Bonchev–Trinajstić information content (AvgIpc) is 3.21. The van der Waals surface area contributed by atoms with Gasteiger partial charge < -0.3 is 9.64 Å². The van der Waals surface area contributed by atoms with Gasteiger partial charge >= 0.3 is 0 Å². The van der Waals surface area contributed by atoms with Crippen molar-refractivity contribution < 1.29 is 4.74 Å². The Morgan fingerprint density at radius 2 is 1.07 bits per heavy atom. The van der Waals surface area contributed by atoms with Crippen LogP contribution < -0.4 is 9.64 Å². The molecule has 1 heterocycles. The lowest BCUT2D eigenvalue weighted by atomic mass is 9.41. The van der Waals surface area contributed by atoms with Crippen LogP contribution in [0.25, 0.3) is 22.3 Å². The van der Waals surface area contributed by atoms with Gasteiger partial charge in [0.05, 0.1) is 11.4 Å². The van der Waals surface area contributed by atoms with Crippen LogP contribution in [0.3, 0.4) is 0 Å². The first-order valence-electron chi connectivity index (χ1n) is 21.3. The Bertz CT molecular complexity index is 2430. The number of para-hydroxylation sites is 1. The summed E-state index contributed by atoms with van der Waals surface area (Å²) in [6.45, 7) is 9.80. The molecule has 0 radical (unpaired) electrons. The van der Waals surface area contributed by atoms with Gasteiger partial charge in [-0.05, 0) is 138 Å². The molecule has 6 aliphatic rings. The van der Waals surface area contributed by atoms with Crippen LogP contribution in [0, 0.1) is 23.7 Å². The van der Waals surface area contributed by atoms with Gasteiger partial charge in [0.25, 0.3) is 0 Å². The molecule has 0 unspecified atom stereocenters. The Labute approximate surface area is 333 Å². The molecule has 0 amide bonds. The second-order valence-corrected chi connectivity index (χ2v) is 19.2. The summed E-state index contributed by atoms with van der Waals surface area (Å²) in [5.41, 5.74) is 14.4. The van der Waals surface area contributed by atoms with Crippen molar-refractivity contribution in [3.05, 3.63) is 162 Å². The largest absolute Gasteiger partial charge is 0.457 e. The number of benzene rings is 6. The zero-order valence-corrected chi connectivity index (χ0v) is 33.4. The molecule has 5 aliphatic carbocycles. The van der Waals surface area contributed by atoms with E-state index in [1.807, 2.05) is 0 Å². The van der Waals surface area contributed by atoms with Gasteiger partial charge in [0.15, 0.2) is 0 Å². The van der Waals surface area contributed by atoms with Crippen molar-refractivity contribution in [1.29, 1.82) is 0 Å². The topological polar surface area (TPSA) is 12.5 Å². The van der Waals surface area contributed by atoms with Crippen LogP contribution >= 0.6 is 0 Å². The maximum atomic E-state index is 7.20. The van der Waals surface area contributed by atoms with Crippen LogP contribution in [0.15, 0.2) is 140 Å². The summed E-state index contributed by atoms with van der Waals surface area (Å²) in [6.07, 6.45) is 9.11. The number of nitrogens with zero attached hydrogens (tertiary/aromatic N) is 1. The molecule has 0 N–H and O–H groups in total. The van der Waals surface area contributed by atoms with E-state index in [1.54, 1.807) is 0 Å². The lowest BCUT2D eigenvalue weighted by Crippen LogP contribution is -2.57. The van der Waals surface area contributed by atoms with E-state index in [0.717, 1.165) is 35.4 Å². The molecule has 6 aromatic rings. The molecule has 4 saturated carbocycles. The zero-order chi connectivity index (χ0) is 37.8. The van der Waals surface area contributed by atoms with E-state index in [1.165, 1.54) is 94.4 Å². The highest BCUT2D eigenvalue weighted by molar-refractivity contribution is 5.92. The third-order valence-electron chi connectivity index (χ3n) is 15.1. The van der Waals surface area contributed by atoms with Crippen LogP contribution in [-0.2, 0) is 16.2 Å². The molecule has 0 saturated heterocycles. The highest BCUT2D eigenvalue weighted by atomic mass is 16.5. The average molecular weight is 732 g/mol. The molecular formula is C54H53NO. The lowest BCUT2D eigenvalue weighted by Gasteiger charge is -2.63. The van der Waals surface area contributed by atoms with E-state index >= 15 is 0 Å². The van der Waals surface area contributed by atoms with Crippen molar-refractivity contribution in [2.45, 2.75) is 88.9 Å². The highest BCUT2D eigenvalue weighted by Crippen LogP contribution is 2.69. The Morgan fingerprint density at radius 3 is 1.77 bits per heavy atom. The van der Waals surface area contributed by atoms with Crippen molar-refractivity contribution in [2.75, 3.05) is 4.90 Å². The van der Waals surface area contributed by atoms with Crippen LogP contribution in [0.5, 0.6) is 11.5 Å². The Hall–Kier alpha value is -5.08. The van der Waals surface area contributed by atoms with Crippen molar-refractivity contribution in [3.8, 4) is 33.8 Å². The predicted molar refractivity (Wildman–Crippen MR) is 232 cm³/mol. The molecular weight excluding hydrogens is 679 g/mol. The number of anilines is 3. The van der Waals surface area contributed by atoms with E-state index in [9.17, 15) is 0 Å². The molecule has 1 aliphatic heterocycles. The number of hydrogen-bond donors (Lipinski definition) is 0. The van der Waals surface area contributed by atoms with Gasteiger partial charge in [-0.1, -0.05) is 131 Å². The fourth-order valence-corrected chi connectivity index (χ4v) is 12.7. The number of fused-ring (bicyclic) bond motifs is 3. The third-order valence-corrected chi connectivity index (χ3v) is 15.1. The molecule has 1 spiro atoms. The number of rotatable bonds is 5. The minimum Gasteiger partial charge on any atom is -0.457 e. The number of hydrogen-bond acceptors (Lipinski definition) is 2. The molecule has 280 valence electrons. The highest BCUT2D eigenvalue weighted by Gasteiger charge is 2.61. The Balaban J connectivity index is 1.20. The maximum absolute atomic E-state index is 7.20. The fourth-order valence-electron chi connectivity index (χ4n) is 12.7. The van der Waals surface area contributed by atoms with Gasteiger partial charge in [0.1, 0.15) is 11.5 Å². The van der Waals surface area contributed by atoms with Crippen LogP contribution in [0.2, 0.25) is 0 Å². The van der Waals surface area contributed by atoms with Crippen molar-refractivity contribution >= 4 is 17.1 Å². The predicted octanol–water partition coefficient (Wildman–Crippen LogP) is 14.7. The summed E-state index contributed by atoms with van der Waals surface area (Å²) in [4.78, 5) is 2.59. The normalized spacial score (nSPS) is 25.9. The monoisotopic (exact) mass is 731 g/mol. The maximum Gasteiger partial charge on any atom is 0.133 e. The molecule has 2 nitrogen and oxygen atoms in total. The molecule has 0 atom stereocenters. The summed E-state index contributed by atoms with van der Waals surface area (Å²) in [6, 6.07) is 52.5. The Kier molecular flexibility index (Phi) is 7.61. The SMILES string of the molecule is CC1(C)CCC(C)(C)c2c(N(c3ccc(-c4ccccc4)cc3)c3cc4c(cc3-c3ccccc3)C3(c5ccccc5O4)C4CC5CC(C4)CC3C5)cccc21. The smallest absolute Gasteiger partial charge is 0.133 e. The number of ether oxygens (including phenoxy) is 1. The summed E-state index contributed by atoms with van der Waals surface area (Å²) < 4.78 is 7.20. The molecule has 56 heavy (non-hydrogen) atoms. The second-order valence-electron chi connectivity index (χ2n) is 19.2. The van der Waals surface area contributed by atoms with Gasteiger partial charge in [-0.2, -0.15) is 0 Å². The van der Waals surface area contributed by atoms with Gasteiger partial charge in [-0.25, -0.2) is 0 Å². The zero-order valence-electron chi connectivity index (χ0n) is 33.4. The summed E-state index contributed by atoms with van der Waals surface area (Å²) in [7, 11) is 0. The second kappa shape index (κ2) is 12.5. The molecule has 4 bridgehead atoms. The van der Waals surface area contributed by atoms with E-state index in [2.05, 4.69) is 172 Å². The molecule has 4 fully saturated rings. The first-order chi connectivity index (χ1) is 27.2. The molecule has 12 rings (SSSR count).